The maximum Gasteiger partial charge on any atom is 0.417 e. The largest absolute Gasteiger partial charge is 0.417 e. The summed E-state index contributed by atoms with van der Waals surface area (Å²) in [5.74, 6) is 0.941. The number of hydrogen-bond acceptors (Lipinski definition) is 4. The number of nitrogens with one attached hydrogen (secondary N) is 1. The Balaban J connectivity index is 1.72. The first-order valence-electron chi connectivity index (χ1n) is 8.63. The SMILES string of the molecule is CC(C)(C)c1cc(NC(=O)N2CCCC2c2ccc(C(F)(F)F)cn2)no1. The van der Waals surface area contributed by atoms with Gasteiger partial charge in [-0.25, -0.2) is 4.79 Å². The van der Waals surface area contributed by atoms with Crippen LogP contribution < -0.4 is 5.32 Å². The summed E-state index contributed by atoms with van der Waals surface area (Å²) in [5, 5.41) is 6.54. The molecule has 27 heavy (non-hydrogen) atoms. The van der Waals surface area contributed by atoms with E-state index in [1.54, 1.807) is 11.0 Å². The Kier molecular flexibility index (Phi) is 4.88. The highest BCUT2D eigenvalue weighted by Crippen LogP contribution is 2.34. The molecular formula is C18H21F3N4O2. The molecule has 0 radical (unpaired) electrons. The van der Waals surface area contributed by atoms with Crippen LogP contribution >= 0.6 is 0 Å². The van der Waals surface area contributed by atoms with Crippen LogP contribution in [0.1, 0.15) is 56.7 Å². The minimum Gasteiger partial charge on any atom is -0.359 e. The number of rotatable bonds is 2. The Morgan fingerprint density at radius 1 is 1.30 bits per heavy atom. The summed E-state index contributed by atoms with van der Waals surface area (Å²) in [7, 11) is 0. The maximum atomic E-state index is 12.7. The third-order valence-electron chi connectivity index (χ3n) is 4.45. The molecule has 0 aromatic carbocycles. The molecule has 0 spiro atoms. The van der Waals surface area contributed by atoms with Gasteiger partial charge in [-0.05, 0) is 25.0 Å². The fourth-order valence-corrected chi connectivity index (χ4v) is 2.96. The number of alkyl halides is 3. The number of carbonyl (C=O) groups is 1. The molecule has 1 fully saturated rings. The molecule has 0 saturated carbocycles. The van der Waals surface area contributed by atoms with Gasteiger partial charge in [-0.1, -0.05) is 25.9 Å². The topological polar surface area (TPSA) is 71.3 Å². The molecule has 2 aromatic heterocycles. The summed E-state index contributed by atoms with van der Waals surface area (Å²) < 4.78 is 43.3. The normalized spacial score (nSPS) is 18.0. The van der Waals surface area contributed by atoms with Crippen LogP contribution in [-0.4, -0.2) is 27.6 Å². The number of aromatic nitrogens is 2. The van der Waals surface area contributed by atoms with E-state index in [1.807, 2.05) is 20.8 Å². The van der Waals surface area contributed by atoms with Crippen molar-refractivity contribution >= 4 is 11.8 Å². The van der Waals surface area contributed by atoms with Gasteiger partial charge in [0.2, 0.25) is 0 Å². The van der Waals surface area contributed by atoms with Crippen LogP contribution in [0.25, 0.3) is 0 Å². The van der Waals surface area contributed by atoms with E-state index in [9.17, 15) is 18.0 Å². The second kappa shape index (κ2) is 6.86. The van der Waals surface area contributed by atoms with Gasteiger partial charge in [0.15, 0.2) is 5.82 Å². The quantitative estimate of drug-likeness (QED) is 0.813. The van der Waals surface area contributed by atoms with E-state index in [2.05, 4.69) is 15.5 Å². The molecule has 1 unspecified atom stereocenters. The summed E-state index contributed by atoms with van der Waals surface area (Å²) in [6.07, 6.45) is -2.25. The predicted octanol–water partition coefficient (Wildman–Crippen LogP) is 4.75. The number of hydrogen-bond donors (Lipinski definition) is 1. The van der Waals surface area contributed by atoms with E-state index < -0.39 is 11.7 Å². The number of amides is 2. The minimum absolute atomic E-state index is 0.240. The Morgan fingerprint density at radius 3 is 2.59 bits per heavy atom. The van der Waals surface area contributed by atoms with Crippen LogP contribution in [0.15, 0.2) is 28.9 Å². The summed E-state index contributed by atoms with van der Waals surface area (Å²) in [5.41, 5.74) is -0.611. The van der Waals surface area contributed by atoms with E-state index in [4.69, 9.17) is 4.52 Å². The van der Waals surface area contributed by atoms with E-state index >= 15 is 0 Å². The molecule has 2 amide bonds. The second-order valence-corrected chi connectivity index (χ2v) is 7.58. The first-order chi connectivity index (χ1) is 12.6. The second-order valence-electron chi connectivity index (χ2n) is 7.58. The maximum absolute atomic E-state index is 12.7. The molecule has 0 aliphatic carbocycles. The number of anilines is 1. The number of halogens is 3. The molecule has 9 heteroatoms. The van der Waals surface area contributed by atoms with Gasteiger partial charge in [-0.3, -0.25) is 10.3 Å². The summed E-state index contributed by atoms with van der Waals surface area (Å²) >= 11 is 0. The predicted molar refractivity (Wildman–Crippen MR) is 92.1 cm³/mol. The van der Waals surface area contributed by atoms with Gasteiger partial charge in [0, 0.05) is 24.2 Å². The molecule has 1 aliphatic rings. The minimum atomic E-state index is -4.43. The molecule has 1 aliphatic heterocycles. The van der Waals surface area contributed by atoms with Crippen LogP contribution in [0.4, 0.5) is 23.8 Å². The zero-order chi connectivity index (χ0) is 19.8. The van der Waals surface area contributed by atoms with Crippen LogP contribution in [0, 0.1) is 0 Å². The van der Waals surface area contributed by atoms with Crippen molar-refractivity contribution in [3.8, 4) is 0 Å². The van der Waals surface area contributed by atoms with Gasteiger partial charge in [0.05, 0.1) is 17.3 Å². The zero-order valence-corrected chi connectivity index (χ0v) is 15.3. The molecule has 2 aromatic rings. The molecular weight excluding hydrogens is 361 g/mol. The fourth-order valence-electron chi connectivity index (χ4n) is 2.96. The standard InChI is InChI=1S/C18H21F3N4O2/c1-17(2,3)14-9-15(24-27-14)23-16(26)25-8-4-5-13(25)12-7-6-11(10-22-12)18(19,20)21/h6-7,9-10,13H,4-5,8H2,1-3H3,(H,23,24,26). The molecule has 1 atom stereocenters. The number of pyridine rings is 1. The number of nitrogens with zero attached hydrogens (tertiary/aromatic N) is 3. The Bertz CT molecular complexity index is 809. The van der Waals surface area contributed by atoms with Crippen molar-refractivity contribution in [1.82, 2.24) is 15.0 Å². The van der Waals surface area contributed by atoms with Gasteiger partial charge in [0.1, 0.15) is 5.76 Å². The lowest BCUT2D eigenvalue weighted by Crippen LogP contribution is -2.34. The molecule has 3 heterocycles. The van der Waals surface area contributed by atoms with Crippen LogP contribution in [0.3, 0.4) is 0 Å². The fraction of sp³-hybridized carbons (Fsp3) is 0.500. The first kappa shape index (κ1) is 19.2. The Morgan fingerprint density at radius 2 is 2.04 bits per heavy atom. The van der Waals surface area contributed by atoms with Crippen LogP contribution in [0.5, 0.6) is 0 Å². The molecule has 0 bridgehead atoms. The number of carbonyl (C=O) groups excluding carboxylic acids is 1. The highest BCUT2D eigenvalue weighted by Gasteiger charge is 2.34. The molecule has 6 nitrogen and oxygen atoms in total. The Labute approximate surface area is 154 Å². The van der Waals surface area contributed by atoms with Crippen molar-refractivity contribution in [2.45, 2.75) is 51.2 Å². The molecule has 146 valence electrons. The lowest BCUT2D eigenvalue weighted by atomic mass is 9.93. The average Bonchev–Trinajstić information content (AvgIpc) is 3.22. The van der Waals surface area contributed by atoms with Crippen LogP contribution in [-0.2, 0) is 11.6 Å². The number of urea groups is 1. The van der Waals surface area contributed by atoms with Crippen molar-refractivity contribution in [2.75, 3.05) is 11.9 Å². The third kappa shape index (κ3) is 4.23. The van der Waals surface area contributed by atoms with Crippen LogP contribution in [0.2, 0.25) is 0 Å². The smallest absolute Gasteiger partial charge is 0.359 e. The number of likely N-dealkylation sites (tertiary alicyclic amines) is 1. The van der Waals surface area contributed by atoms with Crippen molar-refractivity contribution in [2.24, 2.45) is 0 Å². The van der Waals surface area contributed by atoms with Crippen molar-refractivity contribution < 1.29 is 22.5 Å². The highest BCUT2D eigenvalue weighted by atomic mass is 19.4. The van der Waals surface area contributed by atoms with Gasteiger partial charge in [-0.2, -0.15) is 13.2 Å². The monoisotopic (exact) mass is 382 g/mol. The lowest BCUT2D eigenvalue weighted by Gasteiger charge is -2.24. The first-order valence-corrected chi connectivity index (χ1v) is 8.63. The molecule has 1 saturated heterocycles. The third-order valence-corrected chi connectivity index (χ3v) is 4.45. The highest BCUT2D eigenvalue weighted by molar-refractivity contribution is 5.88. The zero-order valence-electron chi connectivity index (χ0n) is 15.3. The van der Waals surface area contributed by atoms with Gasteiger partial charge < -0.3 is 9.42 Å². The van der Waals surface area contributed by atoms with E-state index in [0.717, 1.165) is 18.7 Å². The van der Waals surface area contributed by atoms with Gasteiger partial charge >= 0.3 is 12.2 Å². The Hall–Kier alpha value is -2.58. The summed E-state index contributed by atoms with van der Waals surface area (Å²) in [6, 6.07) is 3.23. The van der Waals surface area contributed by atoms with Crippen molar-refractivity contribution in [3.63, 3.8) is 0 Å². The van der Waals surface area contributed by atoms with Crippen molar-refractivity contribution in [3.05, 3.63) is 41.4 Å². The van der Waals surface area contributed by atoms with Gasteiger partial charge in [-0.15, -0.1) is 0 Å². The van der Waals surface area contributed by atoms with E-state index in [-0.39, 0.29) is 17.5 Å². The summed E-state index contributed by atoms with van der Waals surface area (Å²) in [4.78, 5) is 18.1. The van der Waals surface area contributed by atoms with Crippen molar-refractivity contribution in [1.29, 1.82) is 0 Å². The summed E-state index contributed by atoms with van der Waals surface area (Å²) in [6.45, 7) is 6.38. The van der Waals surface area contributed by atoms with E-state index in [1.165, 1.54) is 6.07 Å². The van der Waals surface area contributed by atoms with Gasteiger partial charge in [0.25, 0.3) is 0 Å². The average molecular weight is 382 g/mol. The molecule has 1 N–H and O–H groups in total. The lowest BCUT2D eigenvalue weighted by molar-refractivity contribution is -0.137. The van der Waals surface area contributed by atoms with E-state index in [0.29, 0.717) is 30.2 Å². The molecule has 3 rings (SSSR count).